The Kier molecular flexibility index (Phi) is 20.4. The average Bonchev–Trinajstić information content (AvgIpc) is 2.97. The Morgan fingerprint density at radius 3 is 1.32 bits per heavy atom. The second-order valence-corrected chi connectivity index (χ2v) is 12.9. The van der Waals surface area contributed by atoms with Gasteiger partial charge in [-0.2, -0.15) is 0 Å². The molecule has 2 fully saturated rings. The molecule has 1 saturated carbocycles. The molecule has 0 N–H and O–H groups in total. The summed E-state index contributed by atoms with van der Waals surface area (Å²) in [6.45, 7) is 12.3. The normalized spacial score (nSPS) is 16.1. The smallest absolute Gasteiger partial charge is 0.151 e. The van der Waals surface area contributed by atoms with Crippen molar-refractivity contribution in [3.63, 3.8) is 0 Å². The number of hydrogen-bond donors (Lipinski definition) is 0. The van der Waals surface area contributed by atoms with Crippen LogP contribution in [0.4, 0.5) is 5.82 Å². The Morgan fingerprint density at radius 1 is 0.625 bits per heavy atom. The van der Waals surface area contributed by atoms with Crippen molar-refractivity contribution in [1.82, 2.24) is 35.1 Å². The molecule has 40 heavy (non-hydrogen) atoms. The molecule has 0 amide bonds. The summed E-state index contributed by atoms with van der Waals surface area (Å²) in [6, 6.07) is 9.19. The molecule has 0 bridgehead atoms. The molecule has 2 aliphatic rings. The fourth-order valence-electron chi connectivity index (χ4n) is 4.66. The van der Waals surface area contributed by atoms with E-state index in [-0.39, 0.29) is 0 Å². The molecule has 0 radical (unpaired) electrons. The van der Waals surface area contributed by atoms with E-state index < -0.39 is 0 Å². The van der Waals surface area contributed by atoms with E-state index in [9.17, 15) is 0 Å². The lowest BCUT2D eigenvalue weighted by Gasteiger charge is -2.35. The summed E-state index contributed by atoms with van der Waals surface area (Å²) in [5.74, 6) is 0.986. The molecule has 11 heteroatoms. The van der Waals surface area contributed by atoms with Gasteiger partial charge in [-0.15, -0.1) is 20.4 Å². The molecule has 3 heterocycles. The predicted octanol–water partition coefficient (Wildman–Crippen LogP) is 7.00. The Balaban J connectivity index is 0.000000286. The maximum atomic E-state index is 4.19. The van der Waals surface area contributed by atoms with E-state index in [1.54, 1.807) is 0 Å². The highest BCUT2D eigenvalue weighted by Gasteiger charge is 2.21. The van der Waals surface area contributed by atoms with Crippen LogP contribution in [0.25, 0.3) is 0 Å². The minimum absolute atomic E-state index is 0.708. The van der Waals surface area contributed by atoms with Gasteiger partial charge in [0, 0.05) is 25.2 Å². The highest BCUT2D eigenvalue weighted by atomic mass is 79.9. The van der Waals surface area contributed by atoms with Crippen molar-refractivity contribution in [2.24, 2.45) is 0 Å². The van der Waals surface area contributed by atoms with Crippen molar-refractivity contribution in [1.29, 1.82) is 0 Å². The lowest BCUT2D eigenvalue weighted by Crippen LogP contribution is -2.42. The van der Waals surface area contributed by atoms with Gasteiger partial charge in [0.15, 0.2) is 5.82 Å². The summed E-state index contributed by atoms with van der Waals surface area (Å²) in [7, 11) is 8.69. The summed E-state index contributed by atoms with van der Waals surface area (Å²) in [5.41, 5.74) is 0. The van der Waals surface area contributed by atoms with Crippen LogP contribution in [0.1, 0.15) is 65.7 Å². The topological polar surface area (TPSA) is 64.5 Å². The van der Waals surface area contributed by atoms with E-state index in [0.29, 0.717) is 6.04 Å². The average molecular weight is 751 g/mol. The fourth-order valence-corrected chi connectivity index (χ4v) is 5.29. The number of piperidine rings is 1. The predicted molar refractivity (Wildman–Crippen MR) is 180 cm³/mol. The molecule has 8 nitrogen and oxygen atoms in total. The van der Waals surface area contributed by atoms with Crippen LogP contribution >= 0.6 is 47.8 Å². The summed E-state index contributed by atoms with van der Waals surface area (Å²) in [4.78, 5) is 9.35. The number of halogens is 3. The zero-order valence-electron chi connectivity index (χ0n) is 25.7. The molecular formula is C29H51Br3N8. The van der Waals surface area contributed by atoms with Gasteiger partial charge in [-0.1, -0.05) is 40.0 Å². The van der Waals surface area contributed by atoms with Crippen LogP contribution in [0.15, 0.2) is 38.1 Å². The molecule has 1 aliphatic carbocycles. The molecule has 0 unspecified atom stereocenters. The van der Waals surface area contributed by atoms with Crippen molar-refractivity contribution in [3.8, 4) is 0 Å². The number of aromatic nitrogens is 4. The van der Waals surface area contributed by atoms with Crippen LogP contribution in [0, 0.1) is 0 Å². The van der Waals surface area contributed by atoms with Crippen LogP contribution in [0.3, 0.4) is 0 Å². The monoisotopic (exact) mass is 748 g/mol. The lowest BCUT2D eigenvalue weighted by atomic mass is 9.95. The highest BCUT2D eigenvalue weighted by Crippen LogP contribution is 2.21. The molecule has 2 aromatic rings. The van der Waals surface area contributed by atoms with E-state index in [1.165, 1.54) is 64.6 Å². The van der Waals surface area contributed by atoms with Gasteiger partial charge in [0.1, 0.15) is 13.8 Å². The third kappa shape index (κ3) is 16.1. The Morgan fingerprint density at radius 2 is 1.02 bits per heavy atom. The minimum atomic E-state index is 0.708. The number of anilines is 1. The van der Waals surface area contributed by atoms with Crippen LogP contribution in [-0.4, -0.2) is 108 Å². The van der Waals surface area contributed by atoms with Gasteiger partial charge in [0.05, 0.1) is 0 Å². The highest BCUT2D eigenvalue weighted by molar-refractivity contribution is 9.11. The van der Waals surface area contributed by atoms with Crippen LogP contribution in [0.2, 0.25) is 0 Å². The van der Waals surface area contributed by atoms with Gasteiger partial charge in [-0.05, 0) is 146 Å². The van der Waals surface area contributed by atoms with E-state index >= 15 is 0 Å². The summed E-state index contributed by atoms with van der Waals surface area (Å²) in [6.07, 6.45) is 9.60. The SMILES string of the molecule is Brc1ccc(Br)nn1.CCN(CC)CC.CN(C)C1CCCCC1.CN(C)C1CCN(c2ccc(Br)nn2)CC1. The maximum absolute atomic E-state index is 4.19. The largest absolute Gasteiger partial charge is 0.355 e. The van der Waals surface area contributed by atoms with E-state index in [2.05, 4.69) is 137 Å². The maximum Gasteiger partial charge on any atom is 0.151 e. The van der Waals surface area contributed by atoms with Crippen molar-refractivity contribution >= 4 is 53.6 Å². The standard InChI is InChI=1S/C11H17BrN4.C8H17N.C6H15N.C4H2Br2N2/c1-15(2)9-5-7-16(8-6-9)11-4-3-10(12)13-14-11;1-9(2)8-6-4-3-5-7-8;1-4-7(5-2)6-3;5-3-1-2-4(6)8-7-3/h3-4,9H,5-8H2,1-2H3;8H,3-7H2,1-2H3;4-6H2,1-3H3;1-2H. The molecule has 1 saturated heterocycles. The second-order valence-electron chi connectivity index (χ2n) is 10.4. The van der Waals surface area contributed by atoms with Gasteiger partial charge in [-0.3, -0.25) is 0 Å². The number of nitrogens with zero attached hydrogens (tertiary/aromatic N) is 8. The summed E-state index contributed by atoms with van der Waals surface area (Å²) in [5, 5.41) is 15.6. The minimum Gasteiger partial charge on any atom is -0.355 e. The zero-order chi connectivity index (χ0) is 29.9. The fraction of sp³-hybridized carbons (Fsp3) is 0.724. The molecule has 228 valence electrons. The molecule has 0 aromatic carbocycles. The first-order valence-electron chi connectivity index (χ1n) is 14.5. The Bertz CT molecular complexity index is 839. The van der Waals surface area contributed by atoms with Gasteiger partial charge in [0.2, 0.25) is 0 Å². The lowest BCUT2D eigenvalue weighted by molar-refractivity contribution is 0.229. The second kappa shape index (κ2) is 21.9. The Hall–Kier alpha value is -0.720. The third-order valence-corrected chi connectivity index (χ3v) is 8.65. The van der Waals surface area contributed by atoms with E-state index in [0.717, 1.165) is 38.8 Å². The first-order chi connectivity index (χ1) is 19.1. The summed E-state index contributed by atoms with van der Waals surface area (Å²) >= 11 is 9.60. The van der Waals surface area contributed by atoms with Crippen molar-refractivity contribution in [3.05, 3.63) is 38.1 Å². The summed E-state index contributed by atoms with van der Waals surface area (Å²) < 4.78 is 2.29. The van der Waals surface area contributed by atoms with Crippen LogP contribution < -0.4 is 4.90 Å². The quantitative estimate of drug-likeness (QED) is 0.313. The van der Waals surface area contributed by atoms with Crippen LogP contribution in [-0.2, 0) is 0 Å². The number of rotatable bonds is 6. The van der Waals surface area contributed by atoms with Gasteiger partial charge < -0.3 is 19.6 Å². The molecule has 1 aliphatic heterocycles. The van der Waals surface area contributed by atoms with Crippen molar-refractivity contribution in [2.75, 3.05) is 65.8 Å². The van der Waals surface area contributed by atoms with E-state index in [1.807, 2.05) is 24.3 Å². The van der Waals surface area contributed by atoms with Crippen molar-refractivity contribution in [2.45, 2.75) is 77.8 Å². The van der Waals surface area contributed by atoms with Crippen LogP contribution in [0.5, 0.6) is 0 Å². The van der Waals surface area contributed by atoms with E-state index in [4.69, 9.17) is 0 Å². The van der Waals surface area contributed by atoms with Gasteiger partial charge in [0.25, 0.3) is 0 Å². The molecular weight excluding hydrogens is 700 g/mol. The number of hydrogen-bond acceptors (Lipinski definition) is 8. The van der Waals surface area contributed by atoms with Gasteiger partial charge >= 0.3 is 0 Å². The first kappa shape index (κ1) is 37.3. The molecule has 2 aromatic heterocycles. The zero-order valence-corrected chi connectivity index (χ0v) is 30.4. The van der Waals surface area contributed by atoms with Gasteiger partial charge in [-0.25, -0.2) is 0 Å². The Labute approximate surface area is 269 Å². The molecule has 4 rings (SSSR count). The molecule has 0 spiro atoms. The molecule has 0 atom stereocenters. The first-order valence-corrected chi connectivity index (χ1v) is 16.9. The third-order valence-electron chi connectivity index (χ3n) is 7.38. The van der Waals surface area contributed by atoms with Crippen molar-refractivity contribution < 1.29 is 0 Å².